The van der Waals surface area contributed by atoms with Gasteiger partial charge in [-0.1, -0.05) is 30.3 Å². The van der Waals surface area contributed by atoms with Gasteiger partial charge in [-0.15, -0.1) is 0 Å². The summed E-state index contributed by atoms with van der Waals surface area (Å²) in [6, 6.07) is 21.5. The van der Waals surface area contributed by atoms with Crippen molar-refractivity contribution in [2.75, 3.05) is 20.8 Å². The molecule has 1 atom stereocenters. The molecule has 1 saturated heterocycles. The number of hydrogen-bond acceptors (Lipinski definition) is 7. The van der Waals surface area contributed by atoms with Crippen LogP contribution in [0.5, 0.6) is 11.5 Å². The first kappa shape index (κ1) is 23.9. The molecule has 3 aromatic carbocycles. The van der Waals surface area contributed by atoms with Gasteiger partial charge in [0.05, 0.1) is 31.4 Å². The van der Waals surface area contributed by atoms with E-state index in [1.54, 1.807) is 39.3 Å². The third-order valence-corrected chi connectivity index (χ3v) is 5.87. The van der Waals surface area contributed by atoms with Gasteiger partial charge in [-0.2, -0.15) is 5.10 Å². The zero-order valence-corrected chi connectivity index (χ0v) is 19.7. The minimum absolute atomic E-state index is 0.00757. The van der Waals surface area contributed by atoms with Crippen LogP contribution in [0.3, 0.4) is 0 Å². The summed E-state index contributed by atoms with van der Waals surface area (Å²) in [6.07, 6.45) is -0.541. The van der Waals surface area contributed by atoms with Crippen molar-refractivity contribution in [3.63, 3.8) is 0 Å². The molecule has 180 valence electrons. The molecule has 1 heterocycles. The normalized spacial score (nSPS) is 16.4. The summed E-state index contributed by atoms with van der Waals surface area (Å²) in [4.78, 5) is 25.8. The average molecular weight is 475 g/mol. The maximum Gasteiger partial charge on any atom is 0.269 e. The third-order valence-electron chi connectivity index (χ3n) is 5.87. The molecule has 0 spiro atoms. The van der Waals surface area contributed by atoms with Gasteiger partial charge in [0, 0.05) is 24.2 Å². The second-order valence-electron chi connectivity index (χ2n) is 8.10. The van der Waals surface area contributed by atoms with Crippen LogP contribution in [0.1, 0.15) is 29.8 Å². The highest BCUT2D eigenvalue weighted by molar-refractivity contribution is 5.99. The van der Waals surface area contributed by atoms with E-state index in [9.17, 15) is 14.9 Å². The minimum atomic E-state index is -0.541. The van der Waals surface area contributed by atoms with Crippen LogP contribution in [0.2, 0.25) is 0 Å². The molecule has 0 aromatic heterocycles. The first-order valence-electron chi connectivity index (χ1n) is 11.0. The maximum atomic E-state index is 13.2. The lowest BCUT2D eigenvalue weighted by atomic mass is 10.1. The number of benzene rings is 3. The summed E-state index contributed by atoms with van der Waals surface area (Å²) in [5.41, 5.74) is 3.04. The molecule has 4 rings (SSSR count). The fraction of sp³-hybridized carbons (Fsp3) is 0.231. The quantitative estimate of drug-likeness (QED) is 0.273. The number of hydrogen-bond donors (Lipinski definition) is 0. The molecular formula is C26H26N4O5. The molecule has 1 amide bonds. The van der Waals surface area contributed by atoms with Crippen LogP contribution in [0.25, 0.3) is 0 Å². The minimum Gasteiger partial charge on any atom is -0.497 e. The molecule has 0 bridgehead atoms. The van der Waals surface area contributed by atoms with Crippen molar-refractivity contribution in [1.82, 2.24) is 9.91 Å². The topological polar surface area (TPSA) is 97.5 Å². The van der Waals surface area contributed by atoms with Gasteiger partial charge in [0.25, 0.3) is 11.6 Å². The SMILES string of the molecule is COc1ccc(OC)c([C@@H]2N(Cc3ccccc3)CC(=O)N2/N=C(/C)c2ccc([N+](=O)[O-])cc2)c1. The predicted molar refractivity (Wildman–Crippen MR) is 131 cm³/mol. The van der Waals surface area contributed by atoms with Gasteiger partial charge in [0.15, 0.2) is 0 Å². The van der Waals surface area contributed by atoms with Crippen LogP contribution in [0.4, 0.5) is 5.69 Å². The zero-order valence-electron chi connectivity index (χ0n) is 19.7. The first-order valence-corrected chi connectivity index (χ1v) is 11.0. The third kappa shape index (κ3) is 5.15. The fourth-order valence-electron chi connectivity index (χ4n) is 4.11. The van der Waals surface area contributed by atoms with Crippen molar-refractivity contribution in [3.8, 4) is 11.5 Å². The molecule has 9 heteroatoms. The number of non-ortho nitro benzene ring substituents is 1. The van der Waals surface area contributed by atoms with Crippen molar-refractivity contribution in [3.05, 3.63) is 99.6 Å². The van der Waals surface area contributed by atoms with E-state index in [2.05, 4.69) is 5.10 Å². The Kier molecular flexibility index (Phi) is 7.07. The Bertz CT molecular complexity index is 1240. The van der Waals surface area contributed by atoms with Gasteiger partial charge in [-0.3, -0.25) is 19.8 Å². The highest BCUT2D eigenvalue weighted by Gasteiger charge is 2.41. The molecule has 0 aliphatic carbocycles. The predicted octanol–water partition coefficient (Wildman–Crippen LogP) is 4.38. The highest BCUT2D eigenvalue weighted by atomic mass is 16.6. The van der Waals surface area contributed by atoms with Crippen LogP contribution in [-0.2, 0) is 11.3 Å². The summed E-state index contributed by atoms with van der Waals surface area (Å²) in [5.74, 6) is 1.07. The molecule has 1 aliphatic heterocycles. The van der Waals surface area contributed by atoms with E-state index in [1.165, 1.54) is 17.1 Å². The van der Waals surface area contributed by atoms with Crippen LogP contribution in [0, 0.1) is 10.1 Å². The molecule has 0 unspecified atom stereocenters. The molecule has 0 N–H and O–H groups in total. The number of nitro groups is 1. The first-order chi connectivity index (χ1) is 16.9. The largest absolute Gasteiger partial charge is 0.497 e. The molecule has 9 nitrogen and oxygen atoms in total. The Labute approximate surface area is 203 Å². The monoisotopic (exact) mass is 474 g/mol. The molecular weight excluding hydrogens is 448 g/mol. The number of rotatable bonds is 8. The fourth-order valence-corrected chi connectivity index (χ4v) is 4.11. The van der Waals surface area contributed by atoms with E-state index in [0.717, 1.165) is 11.1 Å². The number of ether oxygens (including phenoxy) is 2. The van der Waals surface area contributed by atoms with E-state index in [1.807, 2.05) is 47.4 Å². The number of nitro benzene ring substituents is 1. The van der Waals surface area contributed by atoms with Crippen molar-refractivity contribution < 1.29 is 19.2 Å². The number of nitrogens with zero attached hydrogens (tertiary/aromatic N) is 4. The summed E-state index contributed by atoms with van der Waals surface area (Å²) < 4.78 is 11.1. The molecule has 1 fully saturated rings. The van der Waals surface area contributed by atoms with Crippen LogP contribution >= 0.6 is 0 Å². The Morgan fingerprint density at radius 3 is 2.40 bits per heavy atom. The standard InChI is InChI=1S/C26H26N4O5/c1-18(20-9-11-21(12-10-20)30(32)33)27-29-25(31)17-28(16-19-7-5-4-6-8-19)26(29)23-15-22(34-2)13-14-24(23)35-3/h4-15,26H,16-17H2,1-3H3/b27-18-/t26-/m1/s1. The van der Waals surface area contributed by atoms with Crippen LogP contribution < -0.4 is 9.47 Å². The summed E-state index contributed by atoms with van der Waals surface area (Å²) in [7, 11) is 3.17. The molecule has 0 radical (unpaired) electrons. The van der Waals surface area contributed by atoms with Crippen molar-refractivity contribution in [2.45, 2.75) is 19.6 Å². The smallest absolute Gasteiger partial charge is 0.269 e. The van der Waals surface area contributed by atoms with Crippen LogP contribution in [0.15, 0.2) is 77.9 Å². The van der Waals surface area contributed by atoms with E-state index < -0.39 is 11.1 Å². The lowest BCUT2D eigenvalue weighted by molar-refractivity contribution is -0.384. The van der Waals surface area contributed by atoms with Gasteiger partial charge < -0.3 is 9.47 Å². The molecule has 3 aromatic rings. The van der Waals surface area contributed by atoms with Gasteiger partial charge in [-0.25, -0.2) is 5.01 Å². The summed E-state index contributed by atoms with van der Waals surface area (Å²) in [5, 5.41) is 17.1. The Morgan fingerprint density at radius 2 is 1.77 bits per heavy atom. The van der Waals surface area contributed by atoms with E-state index >= 15 is 0 Å². The van der Waals surface area contributed by atoms with Gasteiger partial charge in [-0.05, 0) is 48.4 Å². The van der Waals surface area contributed by atoms with Crippen molar-refractivity contribution in [1.29, 1.82) is 0 Å². The summed E-state index contributed by atoms with van der Waals surface area (Å²) in [6.45, 7) is 2.46. The number of hydrazone groups is 1. The Hall–Kier alpha value is -4.24. The average Bonchev–Trinajstić information content (AvgIpc) is 3.18. The number of carbonyl (C=O) groups is 1. The number of carbonyl (C=O) groups excluding carboxylic acids is 1. The Morgan fingerprint density at radius 1 is 1.06 bits per heavy atom. The van der Waals surface area contributed by atoms with Crippen LogP contribution in [-0.4, -0.2) is 47.2 Å². The lowest BCUT2D eigenvalue weighted by Gasteiger charge is -2.29. The zero-order chi connectivity index (χ0) is 24.9. The van der Waals surface area contributed by atoms with Crippen molar-refractivity contribution in [2.24, 2.45) is 5.10 Å². The molecule has 1 aliphatic rings. The Balaban J connectivity index is 1.76. The van der Waals surface area contributed by atoms with Gasteiger partial charge >= 0.3 is 0 Å². The molecule has 35 heavy (non-hydrogen) atoms. The van der Waals surface area contributed by atoms with Crippen molar-refractivity contribution >= 4 is 17.3 Å². The highest BCUT2D eigenvalue weighted by Crippen LogP contribution is 2.39. The van der Waals surface area contributed by atoms with E-state index in [4.69, 9.17) is 9.47 Å². The second-order valence-corrected chi connectivity index (χ2v) is 8.10. The van der Waals surface area contributed by atoms with Gasteiger partial charge in [0.2, 0.25) is 0 Å². The lowest BCUT2D eigenvalue weighted by Crippen LogP contribution is -2.30. The van der Waals surface area contributed by atoms with E-state index in [-0.39, 0.29) is 18.1 Å². The summed E-state index contributed by atoms with van der Waals surface area (Å²) >= 11 is 0. The molecule has 0 saturated carbocycles. The second kappa shape index (κ2) is 10.4. The van der Waals surface area contributed by atoms with E-state index in [0.29, 0.717) is 29.3 Å². The maximum absolute atomic E-state index is 13.2. The number of amides is 1. The number of methoxy groups -OCH3 is 2. The van der Waals surface area contributed by atoms with Gasteiger partial charge in [0.1, 0.15) is 17.7 Å².